The summed E-state index contributed by atoms with van der Waals surface area (Å²) in [7, 11) is 3.35. The van der Waals surface area contributed by atoms with E-state index in [0.29, 0.717) is 6.79 Å². The van der Waals surface area contributed by atoms with E-state index in [1.807, 2.05) is 36.4 Å². The molecule has 4 rings (SSSR count). The lowest BCUT2D eigenvalue weighted by atomic mass is 10.1. The standard InChI is InChI=1S/C12H14O3.C11H12O2/c1-14-8-15-12-5-3-10-6-9(7-13)2-4-11(10)12;1-13-11-5-3-9-6-8(7-12)2-4-10(9)11/h2,4,6-7,12H,3,5,8H2,1H3;2,4,6-7,11H,3,5H2,1H3. The molecule has 0 radical (unpaired) electrons. The molecule has 0 fully saturated rings. The second-order valence-corrected chi connectivity index (χ2v) is 7.02. The highest BCUT2D eigenvalue weighted by molar-refractivity contribution is 5.76. The fourth-order valence-corrected chi connectivity index (χ4v) is 3.91. The van der Waals surface area contributed by atoms with E-state index < -0.39 is 0 Å². The van der Waals surface area contributed by atoms with Crippen molar-refractivity contribution < 1.29 is 23.8 Å². The molecule has 2 aliphatic carbocycles. The van der Waals surface area contributed by atoms with E-state index >= 15 is 0 Å². The summed E-state index contributed by atoms with van der Waals surface area (Å²) in [4.78, 5) is 21.1. The molecule has 0 spiro atoms. The van der Waals surface area contributed by atoms with Crippen molar-refractivity contribution in [1.29, 1.82) is 0 Å². The molecular weight excluding hydrogens is 356 g/mol. The maximum absolute atomic E-state index is 10.6. The quantitative estimate of drug-likeness (QED) is 0.552. The molecule has 0 amide bonds. The average molecular weight is 382 g/mol. The van der Waals surface area contributed by atoms with Crippen LogP contribution in [0, 0.1) is 0 Å². The van der Waals surface area contributed by atoms with Crippen molar-refractivity contribution in [3.63, 3.8) is 0 Å². The normalized spacial score (nSPS) is 19.4. The Morgan fingerprint density at radius 1 is 0.857 bits per heavy atom. The summed E-state index contributed by atoms with van der Waals surface area (Å²) in [6.45, 7) is 0.319. The second kappa shape index (κ2) is 9.73. The fourth-order valence-electron chi connectivity index (χ4n) is 3.91. The van der Waals surface area contributed by atoms with Crippen LogP contribution in [0.2, 0.25) is 0 Å². The average Bonchev–Trinajstić information content (AvgIpc) is 3.35. The molecule has 0 N–H and O–H groups in total. The third-order valence-electron chi connectivity index (χ3n) is 5.32. The minimum absolute atomic E-state index is 0.126. The lowest BCUT2D eigenvalue weighted by Crippen LogP contribution is -2.03. The van der Waals surface area contributed by atoms with E-state index in [4.69, 9.17) is 14.2 Å². The van der Waals surface area contributed by atoms with Crippen molar-refractivity contribution >= 4 is 12.6 Å². The Balaban J connectivity index is 0.000000162. The maximum Gasteiger partial charge on any atom is 0.150 e. The molecule has 0 heterocycles. The molecule has 28 heavy (non-hydrogen) atoms. The number of hydrogen-bond donors (Lipinski definition) is 0. The predicted molar refractivity (Wildman–Crippen MR) is 106 cm³/mol. The van der Waals surface area contributed by atoms with Crippen molar-refractivity contribution in [2.75, 3.05) is 21.0 Å². The van der Waals surface area contributed by atoms with Crippen LogP contribution in [0.5, 0.6) is 0 Å². The first-order valence-corrected chi connectivity index (χ1v) is 9.49. The first-order chi connectivity index (χ1) is 13.7. The van der Waals surface area contributed by atoms with Crippen LogP contribution in [0.3, 0.4) is 0 Å². The van der Waals surface area contributed by atoms with Gasteiger partial charge in [0.05, 0.1) is 12.2 Å². The summed E-state index contributed by atoms with van der Waals surface area (Å²) in [5.74, 6) is 0. The number of methoxy groups -OCH3 is 2. The smallest absolute Gasteiger partial charge is 0.150 e. The van der Waals surface area contributed by atoms with Crippen LogP contribution in [0.15, 0.2) is 36.4 Å². The summed E-state index contributed by atoms with van der Waals surface area (Å²) in [5, 5.41) is 0. The first-order valence-electron chi connectivity index (χ1n) is 9.49. The molecule has 148 valence electrons. The van der Waals surface area contributed by atoms with E-state index in [2.05, 4.69) is 0 Å². The molecule has 2 atom stereocenters. The van der Waals surface area contributed by atoms with Crippen molar-refractivity contribution in [2.24, 2.45) is 0 Å². The highest BCUT2D eigenvalue weighted by Gasteiger charge is 2.23. The van der Waals surface area contributed by atoms with Gasteiger partial charge in [-0.3, -0.25) is 9.59 Å². The van der Waals surface area contributed by atoms with Gasteiger partial charge in [0.15, 0.2) is 0 Å². The third kappa shape index (κ3) is 4.55. The number of carbonyl (C=O) groups excluding carboxylic acids is 2. The molecule has 2 unspecified atom stereocenters. The van der Waals surface area contributed by atoms with Crippen molar-refractivity contribution in [3.8, 4) is 0 Å². The van der Waals surface area contributed by atoms with Gasteiger partial charge in [0.25, 0.3) is 0 Å². The van der Waals surface area contributed by atoms with E-state index in [0.717, 1.165) is 49.4 Å². The van der Waals surface area contributed by atoms with Gasteiger partial charge in [-0.25, -0.2) is 0 Å². The molecule has 2 aromatic carbocycles. The zero-order chi connectivity index (χ0) is 19.9. The molecule has 0 aliphatic heterocycles. The SMILES string of the molecule is COC1CCc2cc(C=O)ccc21.COCOC1CCc2cc(C=O)ccc21. The Labute approximate surface area is 165 Å². The van der Waals surface area contributed by atoms with Crippen LogP contribution in [0.25, 0.3) is 0 Å². The molecule has 5 heteroatoms. The highest BCUT2D eigenvalue weighted by Crippen LogP contribution is 2.34. The van der Waals surface area contributed by atoms with Crippen LogP contribution in [-0.2, 0) is 27.1 Å². The molecule has 0 saturated carbocycles. The van der Waals surface area contributed by atoms with Crippen LogP contribution < -0.4 is 0 Å². The lowest BCUT2D eigenvalue weighted by molar-refractivity contribution is -0.0723. The van der Waals surface area contributed by atoms with Gasteiger partial charge in [-0.1, -0.05) is 24.3 Å². The number of aldehydes is 2. The van der Waals surface area contributed by atoms with E-state index in [1.165, 1.54) is 22.3 Å². The molecule has 0 aromatic heterocycles. The first kappa shape index (κ1) is 20.4. The van der Waals surface area contributed by atoms with E-state index in [-0.39, 0.29) is 12.2 Å². The minimum atomic E-state index is 0.126. The summed E-state index contributed by atoms with van der Waals surface area (Å²) in [6, 6.07) is 11.6. The molecule has 2 aromatic rings. The molecule has 5 nitrogen and oxygen atoms in total. The zero-order valence-corrected chi connectivity index (χ0v) is 16.4. The van der Waals surface area contributed by atoms with Crippen LogP contribution in [-0.4, -0.2) is 33.6 Å². The van der Waals surface area contributed by atoms with Crippen LogP contribution in [0.4, 0.5) is 0 Å². The minimum Gasteiger partial charge on any atom is -0.377 e. The van der Waals surface area contributed by atoms with Crippen LogP contribution >= 0.6 is 0 Å². The van der Waals surface area contributed by atoms with Gasteiger partial charge in [-0.15, -0.1) is 0 Å². The van der Waals surface area contributed by atoms with Gasteiger partial charge >= 0.3 is 0 Å². The summed E-state index contributed by atoms with van der Waals surface area (Å²) in [5.41, 5.74) is 6.42. The van der Waals surface area contributed by atoms with Crippen molar-refractivity contribution in [3.05, 3.63) is 69.8 Å². The monoisotopic (exact) mass is 382 g/mol. The third-order valence-corrected chi connectivity index (χ3v) is 5.32. The molecule has 0 saturated heterocycles. The Bertz CT molecular complexity index is 830. The van der Waals surface area contributed by atoms with Gasteiger partial charge < -0.3 is 14.2 Å². The number of ether oxygens (including phenoxy) is 3. The summed E-state index contributed by atoms with van der Waals surface area (Å²) < 4.78 is 15.7. The van der Waals surface area contributed by atoms with Crippen molar-refractivity contribution in [2.45, 2.75) is 37.9 Å². The number of rotatable bonds is 6. The topological polar surface area (TPSA) is 61.8 Å². The number of fused-ring (bicyclic) bond motifs is 2. The number of aryl methyl sites for hydroxylation is 2. The highest BCUT2D eigenvalue weighted by atomic mass is 16.7. The number of carbonyl (C=O) groups is 2. The fraction of sp³-hybridized carbons (Fsp3) is 0.391. The maximum atomic E-state index is 10.6. The Kier molecular flexibility index (Phi) is 7.09. The largest absolute Gasteiger partial charge is 0.377 e. The predicted octanol–water partition coefficient (Wildman–Crippen LogP) is 4.24. The lowest BCUT2D eigenvalue weighted by Gasteiger charge is -2.12. The van der Waals surface area contributed by atoms with E-state index in [1.54, 1.807) is 14.2 Å². The Morgan fingerprint density at radius 3 is 1.89 bits per heavy atom. The van der Waals surface area contributed by atoms with Gasteiger partial charge in [0.1, 0.15) is 19.4 Å². The summed E-state index contributed by atoms with van der Waals surface area (Å²) >= 11 is 0. The summed E-state index contributed by atoms with van der Waals surface area (Å²) in [6.07, 6.45) is 6.14. The second-order valence-electron chi connectivity index (χ2n) is 7.02. The molecule has 0 bridgehead atoms. The Hall–Kier alpha value is -2.34. The zero-order valence-electron chi connectivity index (χ0n) is 16.4. The van der Waals surface area contributed by atoms with Gasteiger partial charge in [-0.05, 0) is 60.1 Å². The molecular formula is C23H26O5. The van der Waals surface area contributed by atoms with Gasteiger partial charge in [-0.2, -0.15) is 0 Å². The van der Waals surface area contributed by atoms with Crippen molar-refractivity contribution in [1.82, 2.24) is 0 Å². The number of hydrogen-bond acceptors (Lipinski definition) is 5. The van der Waals surface area contributed by atoms with E-state index in [9.17, 15) is 9.59 Å². The number of benzene rings is 2. The Morgan fingerprint density at radius 2 is 1.39 bits per heavy atom. The van der Waals surface area contributed by atoms with Gasteiger partial charge in [0, 0.05) is 25.3 Å². The molecule has 2 aliphatic rings. The van der Waals surface area contributed by atoms with Gasteiger partial charge in [0.2, 0.25) is 0 Å². The van der Waals surface area contributed by atoms with Crippen LogP contribution in [0.1, 0.15) is 68.0 Å².